The smallest absolute Gasteiger partial charge is 0.338 e. The van der Waals surface area contributed by atoms with Gasteiger partial charge in [-0.1, -0.05) is 78.9 Å². The van der Waals surface area contributed by atoms with Gasteiger partial charge in [0.25, 0.3) is 0 Å². The number of benzene rings is 3. The fourth-order valence-corrected chi connectivity index (χ4v) is 5.27. The fraction of sp³-hybridized carbons (Fsp3) is 0.286. The number of carbonyl (C=O) groups excluding carboxylic acids is 2. The number of hydrogen-bond acceptors (Lipinski definition) is 7. The molecule has 35 heavy (non-hydrogen) atoms. The second kappa shape index (κ2) is 12.5. The van der Waals surface area contributed by atoms with E-state index < -0.39 is 29.6 Å². The highest BCUT2D eigenvalue weighted by Gasteiger charge is 2.49. The van der Waals surface area contributed by atoms with E-state index >= 15 is 0 Å². The van der Waals surface area contributed by atoms with Crippen LogP contribution in [0.3, 0.4) is 0 Å². The standard InChI is InChI=1S/C28H28O6S/c1-20(29)33-28-26(34-27(30)23-15-9-4-10-16-23)25(32-18-22-13-7-3-8-14-22)24(35-28)19-31-17-21-11-5-2-6-12-21/h2-16,24-26,28H,17-19H2,1H3/t24-,25-,26-,28?/m0/s1. The van der Waals surface area contributed by atoms with E-state index in [1.165, 1.54) is 18.7 Å². The van der Waals surface area contributed by atoms with Gasteiger partial charge in [-0.15, -0.1) is 11.8 Å². The van der Waals surface area contributed by atoms with E-state index in [0.29, 0.717) is 25.4 Å². The molecular weight excluding hydrogens is 464 g/mol. The largest absolute Gasteiger partial charge is 0.451 e. The second-order valence-corrected chi connectivity index (χ2v) is 9.49. The summed E-state index contributed by atoms with van der Waals surface area (Å²) in [4.78, 5) is 24.7. The van der Waals surface area contributed by atoms with Crippen molar-refractivity contribution in [1.29, 1.82) is 0 Å². The summed E-state index contributed by atoms with van der Waals surface area (Å²) in [6.45, 7) is 2.45. The van der Waals surface area contributed by atoms with Gasteiger partial charge >= 0.3 is 11.9 Å². The average molecular weight is 493 g/mol. The van der Waals surface area contributed by atoms with Crippen LogP contribution in [0.2, 0.25) is 0 Å². The van der Waals surface area contributed by atoms with Crippen LogP contribution in [0, 0.1) is 0 Å². The summed E-state index contributed by atoms with van der Waals surface area (Å²) in [5.41, 5.74) is 1.77. The van der Waals surface area contributed by atoms with Crippen molar-refractivity contribution < 1.29 is 28.5 Å². The highest BCUT2D eigenvalue weighted by molar-refractivity contribution is 8.00. The van der Waals surface area contributed by atoms with Crippen LogP contribution in [-0.2, 0) is 37.0 Å². The van der Waals surface area contributed by atoms with E-state index in [2.05, 4.69) is 0 Å². The van der Waals surface area contributed by atoms with Crippen molar-refractivity contribution in [1.82, 2.24) is 0 Å². The molecule has 4 rings (SSSR count). The number of carbonyl (C=O) groups is 2. The van der Waals surface area contributed by atoms with Crippen molar-refractivity contribution in [3.63, 3.8) is 0 Å². The summed E-state index contributed by atoms with van der Waals surface area (Å²) >= 11 is 1.39. The number of rotatable bonds is 10. The number of ether oxygens (including phenoxy) is 4. The van der Waals surface area contributed by atoms with Crippen molar-refractivity contribution in [2.24, 2.45) is 0 Å². The summed E-state index contributed by atoms with van der Waals surface area (Å²) in [5.74, 6) is -0.941. The summed E-state index contributed by atoms with van der Waals surface area (Å²) < 4.78 is 23.7. The Balaban J connectivity index is 1.51. The van der Waals surface area contributed by atoms with Gasteiger partial charge < -0.3 is 18.9 Å². The molecule has 0 amide bonds. The fourth-order valence-electron chi connectivity index (χ4n) is 3.81. The predicted octanol–water partition coefficient (Wildman–Crippen LogP) is 5.02. The maximum absolute atomic E-state index is 12.9. The van der Waals surface area contributed by atoms with Crippen LogP contribution in [0.15, 0.2) is 91.0 Å². The molecule has 182 valence electrons. The molecule has 4 atom stereocenters. The lowest BCUT2D eigenvalue weighted by molar-refractivity contribution is -0.150. The van der Waals surface area contributed by atoms with Gasteiger partial charge in [0.1, 0.15) is 6.10 Å². The molecule has 1 aliphatic rings. The van der Waals surface area contributed by atoms with Gasteiger partial charge in [-0.05, 0) is 23.3 Å². The van der Waals surface area contributed by atoms with Crippen molar-refractivity contribution >= 4 is 23.7 Å². The zero-order valence-electron chi connectivity index (χ0n) is 19.4. The Hall–Kier alpha value is -3.13. The van der Waals surface area contributed by atoms with Crippen LogP contribution in [0.25, 0.3) is 0 Å². The Bertz CT molecular complexity index is 1080. The summed E-state index contributed by atoms with van der Waals surface area (Å²) in [6, 6.07) is 28.4. The molecule has 0 aromatic heterocycles. The monoisotopic (exact) mass is 492 g/mol. The summed E-state index contributed by atoms with van der Waals surface area (Å²) in [5, 5.41) is -0.208. The third kappa shape index (κ3) is 7.18. The van der Waals surface area contributed by atoms with Gasteiger partial charge in [0, 0.05) is 6.92 Å². The number of thioether (sulfide) groups is 1. The van der Waals surface area contributed by atoms with Gasteiger partial charge in [0.2, 0.25) is 0 Å². The van der Waals surface area contributed by atoms with Crippen LogP contribution in [0.5, 0.6) is 0 Å². The minimum atomic E-state index is -0.786. The molecular formula is C28H28O6S. The Morgan fingerprint density at radius 2 is 1.31 bits per heavy atom. The van der Waals surface area contributed by atoms with E-state index in [1.807, 2.05) is 66.7 Å². The van der Waals surface area contributed by atoms with E-state index in [9.17, 15) is 9.59 Å². The SMILES string of the molecule is CC(=O)OC1S[C@@H](COCc2ccccc2)[C@H](OCc2ccccc2)[C@@H]1OC(=O)c1ccccc1. The Labute approximate surface area is 209 Å². The molecule has 3 aromatic rings. The van der Waals surface area contributed by atoms with Crippen molar-refractivity contribution in [3.05, 3.63) is 108 Å². The van der Waals surface area contributed by atoms with E-state index in [4.69, 9.17) is 18.9 Å². The molecule has 3 aromatic carbocycles. The lowest BCUT2D eigenvalue weighted by Crippen LogP contribution is -2.41. The van der Waals surface area contributed by atoms with Crippen LogP contribution in [-0.4, -0.2) is 41.4 Å². The lowest BCUT2D eigenvalue weighted by Gasteiger charge is -2.25. The van der Waals surface area contributed by atoms with Crippen LogP contribution >= 0.6 is 11.8 Å². The topological polar surface area (TPSA) is 71.1 Å². The minimum absolute atomic E-state index is 0.208. The maximum atomic E-state index is 12.9. The molecule has 1 aliphatic heterocycles. The van der Waals surface area contributed by atoms with E-state index in [0.717, 1.165) is 11.1 Å². The van der Waals surface area contributed by atoms with Crippen LogP contribution in [0.4, 0.5) is 0 Å². The van der Waals surface area contributed by atoms with Crippen molar-refractivity contribution in [2.75, 3.05) is 6.61 Å². The first-order valence-electron chi connectivity index (χ1n) is 11.5. The van der Waals surface area contributed by atoms with Crippen LogP contribution in [0.1, 0.15) is 28.4 Å². The Morgan fingerprint density at radius 1 is 0.743 bits per heavy atom. The molecule has 0 radical (unpaired) electrons. The van der Waals surface area contributed by atoms with Gasteiger partial charge in [-0.3, -0.25) is 4.79 Å². The number of hydrogen-bond donors (Lipinski definition) is 0. The zero-order chi connectivity index (χ0) is 24.5. The highest BCUT2D eigenvalue weighted by atomic mass is 32.2. The highest BCUT2D eigenvalue weighted by Crippen LogP contribution is 2.40. The third-order valence-corrected chi connectivity index (χ3v) is 6.87. The lowest BCUT2D eigenvalue weighted by atomic mass is 10.1. The normalized spacial score (nSPS) is 21.4. The first-order chi connectivity index (χ1) is 17.1. The molecule has 1 fully saturated rings. The minimum Gasteiger partial charge on any atom is -0.451 e. The molecule has 1 saturated heterocycles. The Kier molecular flexibility index (Phi) is 8.95. The molecule has 0 aliphatic carbocycles. The van der Waals surface area contributed by atoms with Gasteiger partial charge in [0.15, 0.2) is 11.5 Å². The van der Waals surface area contributed by atoms with Crippen molar-refractivity contribution in [2.45, 2.75) is 43.0 Å². The van der Waals surface area contributed by atoms with Gasteiger partial charge in [-0.25, -0.2) is 4.79 Å². The predicted molar refractivity (Wildman–Crippen MR) is 134 cm³/mol. The first kappa shape index (κ1) is 25.0. The van der Waals surface area contributed by atoms with E-state index in [-0.39, 0.29) is 5.25 Å². The average Bonchev–Trinajstić information content (AvgIpc) is 3.19. The molecule has 0 spiro atoms. The molecule has 1 unspecified atom stereocenters. The molecule has 0 N–H and O–H groups in total. The molecule has 6 nitrogen and oxygen atoms in total. The Morgan fingerprint density at radius 3 is 1.91 bits per heavy atom. The second-order valence-electron chi connectivity index (χ2n) is 8.15. The first-order valence-corrected chi connectivity index (χ1v) is 12.4. The molecule has 0 saturated carbocycles. The third-order valence-electron chi connectivity index (χ3n) is 5.48. The van der Waals surface area contributed by atoms with Crippen LogP contribution < -0.4 is 0 Å². The molecule has 7 heteroatoms. The van der Waals surface area contributed by atoms with Gasteiger partial charge in [-0.2, -0.15) is 0 Å². The molecule has 0 bridgehead atoms. The maximum Gasteiger partial charge on any atom is 0.338 e. The van der Waals surface area contributed by atoms with Crippen molar-refractivity contribution in [3.8, 4) is 0 Å². The zero-order valence-corrected chi connectivity index (χ0v) is 20.3. The summed E-state index contributed by atoms with van der Waals surface area (Å²) in [6.07, 6.45) is -1.32. The molecule has 1 heterocycles. The van der Waals surface area contributed by atoms with Gasteiger partial charge in [0.05, 0.1) is 30.6 Å². The summed E-state index contributed by atoms with van der Waals surface area (Å²) in [7, 11) is 0. The number of esters is 2. The quantitative estimate of drug-likeness (QED) is 0.368. The van der Waals surface area contributed by atoms with E-state index in [1.54, 1.807) is 24.3 Å².